The van der Waals surface area contributed by atoms with E-state index in [-0.39, 0.29) is 0 Å². The molecule has 4 unspecified atom stereocenters. The van der Waals surface area contributed by atoms with Gasteiger partial charge in [0.25, 0.3) is 0 Å². The van der Waals surface area contributed by atoms with Crippen LogP contribution in [-0.2, 0) is 0 Å². The topological polar surface area (TPSA) is 0 Å². The molecule has 2 saturated carbocycles. The first-order chi connectivity index (χ1) is 7.34. The molecule has 3 aliphatic carbocycles. The average molecular weight is 225 g/mol. The Balaban J connectivity index is 1.81. The summed E-state index contributed by atoms with van der Waals surface area (Å²) in [4.78, 5) is 0. The molecule has 4 atom stereocenters. The molecular weight excluding hydrogens is 204 g/mol. The van der Waals surface area contributed by atoms with Crippen molar-refractivity contribution in [1.82, 2.24) is 0 Å². The number of fused-ring (bicyclic) bond motifs is 2. The van der Waals surface area contributed by atoms with E-state index in [1.54, 1.807) is 0 Å². The molecule has 0 aromatic heterocycles. The van der Waals surface area contributed by atoms with E-state index < -0.39 is 0 Å². The maximum absolute atomic E-state index is 6.32. The van der Waals surface area contributed by atoms with E-state index in [9.17, 15) is 0 Å². The minimum absolute atomic E-state index is 0.482. The smallest absolute Gasteiger partial charge is 0.0285 e. The van der Waals surface area contributed by atoms with Crippen LogP contribution in [0.1, 0.15) is 44.9 Å². The molecule has 0 aromatic carbocycles. The van der Waals surface area contributed by atoms with E-state index in [4.69, 9.17) is 11.6 Å². The highest BCUT2D eigenvalue weighted by Gasteiger charge is 2.49. The van der Waals surface area contributed by atoms with Crippen molar-refractivity contribution >= 4 is 11.6 Å². The zero-order valence-corrected chi connectivity index (χ0v) is 10.2. The van der Waals surface area contributed by atoms with Crippen LogP contribution < -0.4 is 0 Å². The number of hydrogen-bond donors (Lipinski definition) is 0. The Bertz CT molecular complexity index is 271. The molecule has 0 radical (unpaired) electrons. The molecule has 0 saturated heterocycles. The second-order valence-corrected chi connectivity index (χ2v) is 6.26. The van der Waals surface area contributed by atoms with Crippen molar-refractivity contribution in [3.63, 3.8) is 0 Å². The third kappa shape index (κ3) is 1.56. The lowest BCUT2D eigenvalue weighted by atomic mass is 9.64. The van der Waals surface area contributed by atoms with Crippen molar-refractivity contribution in [3.05, 3.63) is 12.2 Å². The van der Waals surface area contributed by atoms with Crippen LogP contribution in [0.2, 0.25) is 0 Å². The molecule has 2 fully saturated rings. The van der Waals surface area contributed by atoms with Crippen molar-refractivity contribution in [2.24, 2.45) is 23.2 Å². The summed E-state index contributed by atoms with van der Waals surface area (Å²) in [6, 6.07) is 0. The Kier molecular flexibility index (Phi) is 2.59. The molecule has 0 amide bonds. The molecule has 0 spiro atoms. The lowest BCUT2D eigenvalue weighted by molar-refractivity contribution is 0.112. The molecular formula is C14H21Cl. The number of halogens is 1. The normalized spacial score (nSPS) is 48.7. The fourth-order valence-corrected chi connectivity index (χ4v) is 4.90. The van der Waals surface area contributed by atoms with Crippen LogP contribution in [0.25, 0.3) is 0 Å². The van der Waals surface area contributed by atoms with Gasteiger partial charge in [0.05, 0.1) is 0 Å². The molecule has 3 rings (SSSR count). The summed E-state index contributed by atoms with van der Waals surface area (Å²) < 4.78 is 0. The van der Waals surface area contributed by atoms with Crippen molar-refractivity contribution in [2.45, 2.75) is 44.9 Å². The van der Waals surface area contributed by atoms with Gasteiger partial charge in [0.1, 0.15) is 0 Å². The predicted molar refractivity (Wildman–Crippen MR) is 65.1 cm³/mol. The van der Waals surface area contributed by atoms with Crippen molar-refractivity contribution in [3.8, 4) is 0 Å². The van der Waals surface area contributed by atoms with E-state index in [1.165, 1.54) is 44.9 Å². The van der Waals surface area contributed by atoms with Crippen LogP contribution in [-0.4, -0.2) is 5.88 Å². The summed E-state index contributed by atoms with van der Waals surface area (Å²) in [7, 11) is 0. The van der Waals surface area contributed by atoms with Crippen molar-refractivity contribution in [1.29, 1.82) is 0 Å². The summed E-state index contributed by atoms with van der Waals surface area (Å²) in [6.45, 7) is 0. The molecule has 3 aliphatic rings. The van der Waals surface area contributed by atoms with Gasteiger partial charge in [-0.1, -0.05) is 18.6 Å². The van der Waals surface area contributed by atoms with Gasteiger partial charge in [-0.3, -0.25) is 0 Å². The summed E-state index contributed by atoms with van der Waals surface area (Å²) in [5.41, 5.74) is 0.482. The van der Waals surface area contributed by atoms with E-state index in [0.29, 0.717) is 5.41 Å². The van der Waals surface area contributed by atoms with E-state index in [1.807, 2.05) is 0 Å². The molecule has 2 bridgehead atoms. The van der Waals surface area contributed by atoms with Gasteiger partial charge in [-0.05, 0) is 61.7 Å². The SMILES string of the molecule is ClCC1(C2CC3CCC2C3)CC=CCC1. The van der Waals surface area contributed by atoms with Gasteiger partial charge in [0.15, 0.2) is 0 Å². The van der Waals surface area contributed by atoms with Crippen molar-refractivity contribution in [2.75, 3.05) is 5.88 Å². The van der Waals surface area contributed by atoms with E-state index in [2.05, 4.69) is 12.2 Å². The number of rotatable bonds is 2. The molecule has 0 heterocycles. The molecule has 1 heteroatoms. The van der Waals surface area contributed by atoms with Gasteiger partial charge in [-0.15, -0.1) is 11.6 Å². The van der Waals surface area contributed by atoms with Gasteiger partial charge >= 0.3 is 0 Å². The lowest BCUT2D eigenvalue weighted by Crippen LogP contribution is -2.36. The Morgan fingerprint density at radius 3 is 2.67 bits per heavy atom. The largest absolute Gasteiger partial charge is 0.126 e. The highest BCUT2D eigenvalue weighted by Crippen LogP contribution is 2.58. The van der Waals surface area contributed by atoms with Gasteiger partial charge in [0.2, 0.25) is 0 Å². The standard InChI is InChI=1S/C14H21Cl/c15-10-14(6-2-1-3-7-14)13-9-11-4-5-12(13)8-11/h1-2,11-13H,3-10H2. The zero-order chi connectivity index (χ0) is 10.3. The van der Waals surface area contributed by atoms with Gasteiger partial charge in [-0.25, -0.2) is 0 Å². The van der Waals surface area contributed by atoms with Crippen LogP contribution in [0, 0.1) is 23.2 Å². The Morgan fingerprint density at radius 1 is 1.20 bits per heavy atom. The zero-order valence-electron chi connectivity index (χ0n) is 9.42. The molecule has 0 nitrogen and oxygen atoms in total. The van der Waals surface area contributed by atoms with Crippen LogP contribution >= 0.6 is 11.6 Å². The summed E-state index contributed by atoms with van der Waals surface area (Å²) in [5.74, 6) is 3.94. The molecule has 0 N–H and O–H groups in total. The lowest BCUT2D eigenvalue weighted by Gasteiger charge is -2.43. The maximum Gasteiger partial charge on any atom is 0.0285 e. The monoisotopic (exact) mass is 224 g/mol. The first-order valence-electron chi connectivity index (χ1n) is 6.55. The summed E-state index contributed by atoms with van der Waals surface area (Å²) in [5, 5.41) is 0. The van der Waals surface area contributed by atoms with Gasteiger partial charge in [0, 0.05) is 5.88 Å². The maximum atomic E-state index is 6.32. The highest BCUT2D eigenvalue weighted by molar-refractivity contribution is 6.18. The first kappa shape index (κ1) is 10.2. The molecule has 0 aliphatic heterocycles. The van der Waals surface area contributed by atoms with E-state index in [0.717, 1.165) is 23.6 Å². The van der Waals surface area contributed by atoms with Gasteiger partial charge in [-0.2, -0.15) is 0 Å². The highest BCUT2D eigenvalue weighted by atomic mass is 35.5. The molecule has 0 aromatic rings. The van der Waals surface area contributed by atoms with Crippen LogP contribution in [0.3, 0.4) is 0 Å². The van der Waals surface area contributed by atoms with Crippen LogP contribution in [0.4, 0.5) is 0 Å². The minimum Gasteiger partial charge on any atom is -0.126 e. The predicted octanol–water partition coefficient (Wildman–Crippen LogP) is 4.39. The van der Waals surface area contributed by atoms with Crippen LogP contribution in [0.5, 0.6) is 0 Å². The quantitative estimate of drug-likeness (QED) is 0.482. The Hall–Kier alpha value is 0.0300. The number of allylic oxidation sites excluding steroid dienone is 2. The Morgan fingerprint density at radius 2 is 2.13 bits per heavy atom. The number of alkyl halides is 1. The van der Waals surface area contributed by atoms with E-state index >= 15 is 0 Å². The second kappa shape index (κ2) is 3.80. The minimum atomic E-state index is 0.482. The van der Waals surface area contributed by atoms with Crippen LogP contribution in [0.15, 0.2) is 12.2 Å². The Labute approximate surface area is 98.1 Å². The first-order valence-corrected chi connectivity index (χ1v) is 7.08. The number of hydrogen-bond acceptors (Lipinski definition) is 0. The third-order valence-corrected chi connectivity index (χ3v) is 5.82. The second-order valence-electron chi connectivity index (χ2n) is 5.99. The average Bonchev–Trinajstić information content (AvgIpc) is 2.92. The third-order valence-electron chi connectivity index (χ3n) is 5.29. The molecule has 84 valence electrons. The van der Waals surface area contributed by atoms with Crippen molar-refractivity contribution < 1.29 is 0 Å². The summed E-state index contributed by atoms with van der Waals surface area (Å²) >= 11 is 6.32. The fourth-order valence-electron chi connectivity index (χ4n) is 4.46. The summed E-state index contributed by atoms with van der Waals surface area (Å²) in [6.07, 6.45) is 14.6. The molecule has 15 heavy (non-hydrogen) atoms. The fraction of sp³-hybridized carbons (Fsp3) is 0.857. The van der Waals surface area contributed by atoms with Gasteiger partial charge < -0.3 is 0 Å².